The molecule has 7 nitrogen and oxygen atoms in total. The summed E-state index contributed by atoms with van der Waals surface area (Å²) in [6.07, 6.45) is 1.59. The highest BCUT2D eigenvalue weighted by Gasteiger charge is 2.14. The molecule has 1 aromatic carbocycles. The summed E-state index contributed by atoms with van der Waals surface area (Å²) in [6.45, 7) is 0.0203. The summed E-state index contributed by atoms with van der Waals surface area (Å²) in [5.41, 5.74) is 8.95. The van der Waals surface area contributed by atoms with Gasteiger partial charge in [0.15, 0.2) is 0 Å². The highest BCUT2D eigenvalue weighted by molar-refractivity contribution is 7.78. The monoisotopic (exact) mass is 309 g/mol. The molecule has 0 bridgehead atoms. The van der Waals surface area contributed by atoms with Crippen LogP contribution in [0.4, 0.5) is 0 Å². The fourth-order valence-corrected chi connectivity index (χ4v) is 1.91. The zero-order valence-corrected chi connectivity index (χ0v) is 11.6. The lowest BCUT2D eigenvalue weighted by atomic mass is 10.1. The number of aromatic nitrogens is 2. The highest BCUT2D eigenvalue weighted by Crippen LogP contribution is 2.22. The van der Waals surface area contributed by atoms with Crippen molar-refractivity contribution in [1.29, 1.82) is 0 Å². The van der Waals surface area contributed by atoms with E-state index in [2.05, 4.69) is 27.9 Å². The molecule has 1 amide bonds. The van der Waals surface area contributed by atoms with Crippen molar-refractivity contribution < 1.29 is 9.53 Å². The van der Waals surface area contributed by atoms with Gasteiger partial charge in [0.05, 0.1) is 0 Å². The van der Waals surface area contributed by atoms with Crippen molar-refractivity contribution in [1.82, 2.24) is 9.19 Å². The first kappa shape index (κ1) is 14.3. The molecule has 0 unspecified atom stereocenters. The Bertz CT molecular complexity index is 696. The van der Waals surface area contributed by atoms with E-state index < -0.39 is 5.91 Å². The number of ether oxygens (including phenoxy) is 1. The highest BCUT2D eigenvalue weighted by atomic mass is 35.5. The number of nitrogens with zero attached hydrogens (tertiary/aromatic N) is 5. The van der Waals surface area contributed by atoms with Crippen LogP contribution in [0.5, 0.6) is 5.88 Å². The van der Waals surface area contributed by atoms with E-state index in [0.717, 1.165) is 0 Å². The van der Waals surface area contributed by atoms with Gasteiger partial charge in [-0.05, 0) is 29.5 Å². The Balaban J connectivity index is 2.25. The summed E-state index contributed by atoms with van der Waals surface area (Å²) >= 11 is 10.0. The standard InChI is InChI=1S/C11H8ClN5O2S/c12-9-3-1-2-7(11(18)14-16-13)8(9)6-19-10-4-5-17(20)15-10/h1-5,20H,6H2. The van der Waals surface area contributed by atoms with Crippen LogP contribution in [0.15, 0.2) is 35.6 Å². The van der Waals surface area contributed by atoms with Crippen LogP contribution in [-0.4, -0.2) is 15.1 Å². The Morgan fingerprint density at radius 3 is 3.00 bits per heavy atom. The number of halogens is 1. The van der Waals surface area contributed by atoms with Crippen LogP contribution in [0.25, 0.3) is 10.4 Å². The molecule has 0 aliphatic carbocycles. The number of hydrogen-bond acceptors (Lipinski definition) is 4. The molecule has 0 atom stereocenters. The molecule has 0 saturated heterocycles. The zero-order valence-electron chi connectivity index (χ0n) is 9.97. The second-order valence-corrected chi connectivity index (χ2v) is 4.44. The number of rotatable bonds is 4. The van der Waals surface area contributed by atoms with Crippen molar-refractivity contribution in [2.24, 2.45) is 5.11 Å². The maximum absolute atomic E-state index is 11.7. The molecule has 0 aliphatic heterocycles. The third kappa shape index (κ3) is 3.24. The van der Waals surface area contributed by atoms with Crippen molar-refractivity contribution in [2.75, 3.05) is 0 Å². The average Bonchev–Trinajstić information content (AvgIpc) is 2.83. The smallest absolute Gasteiger partial charge is 0.249 e. The van der Waals surface area contributed by atoms with Crippen molar-refractivity contribution in [3.63, 3.8) is 0 Å². The summed E-state index contributed by atoms with van der Waals surface area (Å²) in [4.78, 5) is 14.1. The average molecular weight is 310 g/mol. The number of hydrogen-bond donors (Lipinski definition) is 1. The second kappa shape index (κ2) is 6.33. The quantitative estimate of drug-likeness (QED) is 0.406. The van der Waals surface area contributed by atoms with Gasteiger partial charge in [0.2, 0.25) is 11.8 Å². The third-order valence-electron chi connectivity index (χ3n) is 2.40. The molecule has 0 saturated carbocycles. The lowest BCUT2D eigenvalue weighted by molar-refractivity contribution is 0.0998. The van der Waals surface area contributed by atoms with Crippen LogP contribution in [0.2, 0.25) is 5.02 Å². The van der Waals surface area contributed by atoms with Gasteiger partial charge in [-0.25, -0.2) is 4.09 Å². The number of azide groups is 1. The van der Waals surface area contributed by atoms with Gasteiger partial charge in [0.25, 0.3) is 0 Å². The minimum atomic E-state index is -0.715. The second-order valence-electron chi connectivity index (χ2n) is 3.62. The fraction of sp³-hybridized carbons (Fsp3) is 0.0909. The van der Waals surface area contributed by atoms with Gasteiger partial charge < -0.3 is 4.74 Å². The van der Waals surface area contributed by atoms with E-state index >= 15 is 0 Å². The Morgan fingerprint density at radius 2 is 2.35 bits per heavy atom. The molecule has 0 fully saturated rings. The van der Waals surface area contributed by atoms with Gasteiger partial charge in [0.1, 0.15) is 6.61 Å². The topological polar surface area (TPSA) is 92.9 Å². The minimum absolute atomic E-state index is 0.0203. The minimum Gasteiger partial charge on any atom is -0.472 e. The molecule has 0 spiro atoms. The van der Waals surface area contributed by atoms with E-state index in [1.54, 1.807) is 24.4 Å². The number of benzene rings is 1. The predicted molar refractivity (Wildman–Crippen MR) is 75.9 cm³/mol. The molecule has 9 heteroatoms. The Labute approximate surface area is 124 Å². The normalized spacial score (nSPS) is 9.90. The van der Waals surface area contributed by atoms with E-state index in [1.807, 2.05) is 0 Å². The molecular formula is C11H8ClN5O2S. The summed E-state index contributed by atoms with van der Waals surface area (Å²) in [5, 5.41) is 7.31. The van der Waals surface area contributed by atoms with Gasteiger partial charge in [-0.1, -0.05) is 23.7 Å². The van der Waals surface area contributed by atoms with Gasteiger partial charge in [0, 0.05) is 33.3 Å². The van der Waals surface area contributed by atoms with Gasteiger partial charge in [-0.3, -0.25) is 4.79 Å². The molecule has 0 radical (unpaired) electrons. The van der Waals surface area contributed by atoms with Crippen LogP contribution in [0, 0.1) is 0 Å². The molecule has 102 valence electrons. The lowest BCUT2D eigenvalue weighted by Crippen LogP contribution is -2.05. The van der Waals surface area contributed by atoms with Crippen LogP contribution in [0.1, 0.15) is 15.9 Å². The first-order valence-corrected chi connectivity index (χ1v) is 6.14. The van der Waals surface area contributed by atoms with Crippen molar-refractivity contribution in [3.05, 3.63) is 57.1 Å². The van der Waals surface area contributed by atoms with Crippen molar-refractivity contribution in [2.45, 2.75) is 6.61 Å². The predicted octanol–water partition coefficient (Wildman–Crippen LogP) is 3.26. The van der Waals surface area contributed by atoms with E-state index in [0.29, 0.717) is 16.5 Å². The van der Waals surface area contributed by atoms with Crippen LogP contribution >= 0.6 is 24.4 Å². The molecule has 0 aliphatic rings. The maximum Gasteiger partial charge on any atom is 0.249 e. The number of amides is 1. The Morgan fingerprint density at radius 1 is 1.55 bits per heavy atom. The SMILES string of the molecule is [N-]=[N+]=NC(=O)c1cccc(Cl)c1COc1ccn(S)n1. The van der Waals surface area contributed by atoms with Crippen LogP contribution in [-0.2, 0) is 6.61 Å². The summed E-state index contributed by atoms with van der Waals surface area (Å²) in [6, 6.07) is 6.33. The number of carbonyl (C=O) groups excluding carboxylic acids is 1. The van der Waals surface area contributed by atoms with Gasteiger partial charge >= 0.3 is 0 Å². The molecule has 1 heterocycles. The van der Waals surface area contributed by atoms with Gasteiger partial charge in [-0.15, -0.1) is 5.10 Å². The third-order valence-corrected chi connectivity index (χ3v) is 2.98. The Hall–Kier alpha value is -2.15. The lowest BCUT2D eigenvalue weighted by Gasteiger charge is -2.09. The first-order valence-electron chi connectivity index (χ1n) is 5.36. The summed E-state index contributed by atoms with van der Waals surface area (Å²) < 4.78 is 6.70. The van der Waals surface area contributed by atoms with Crippen molar-refractivity contribution >= 4 is 30.3 Å². The molecule has 0 N–H and O–H groups in total. The van der Waals surface area contributed by atoms with E-state index in [1.165, 1.54) is 10.2 Å². The molecule has 2 aromatic rings. The van der Waals surface area contributed by atoms with Crippen LogP contribution in [0.3, 0.4) is 0 Å². The van der Waals surface area contributed by atoms with Crippen molar-refractivity contribution in [3.8, 4) is 5.88 Å². The molecule has 20 heavy (non-hydrogen) atoms. The Kier molecular flexibility index (Phi) is 4.52. The number of carbonyl (C=O) groups is 1. The van der Waals surface area contributed by atoms with Gasteiger partial charge in [-0.2, -0.15) is 0 Å². The molecule has 1 aromatic heterocycles. The van der Waals surface area contributed by atoms with Crippen LogP contribution < -0.4 is 4.74 Å². The first-order chi connectivity index (χ1) is 9.61. The largest absolute Gasteiger partial charge is 0.472 e. The van der Waals surface area contributed by atoms with E-state index in [-0.39, 0.29) is 12.2 Å². The number of thiol groups is 1. The van der Waals surface area contributed by atoms with E-state index in [9.17, 15) is 4.79 Å². The molecular weight excluding hydrogens is 302 g/mol. The van der Waals surface area contributed by atoms with E-state index in [4.69, 9.17) is 21.9 Å². The molecule has 2 rings (SSSR count). The zero-order chi connectivity index (χ0) is 14.5. The fourth-order valence-electron chi connectivity index (χ4n) is 1.52. The maximum atomic E-state index is 11.7. The summed E-state index contributed by atoms with van der Waals surface area (Å²) in [7, 11) is 0. The summed E-state index contributed by atoms with van der Waals surface area (Å²) in [5.74, 6) is -0.379.